The molecule has 1 rings (SSSR count). The smallest absolute Gasteiger partial charge is 0.211 e. The number of hydrogen-bond donors (Lipinski definition) is 1. The Balaban J connectivity index is 2.86. The lowest BCUT2D eigenvalue weighted by atomic mass is 10.3. The summed E-state index contributed by atoms with van der Waals surface area (Å²) in [4.78, 5) is -0.263. The average Bonchev–Trinajstić information content (AvgIpc) is 2.20. The Kier molecular flexibility index (Phi) is 5.19. The van der Waals surface area contributed by atoms with E-state index in [0.29, 0.717) is 6.42 Å². The fraction of sp³-hybridized carbons (Fsp3) is 0.400. The van der Waals surface area contributed by atoms with E-state index in [9.17, 15) is 12.8 Å². The molecule has 0 aliphatic carbocycles. The first-order valence-electron chi connectivity index (χ1n) is 4.91. The summed E-state index contributed by atoms with van der Waals surface area (Å²) in [5.41, 5.74) is 0. The summed E-state index contributed by atoms with van der Waals surface area (Å²) in [5, 5.41) is -0.154. The van der Waals surface area contributed by atoms with Crippen molar-refractivity contribution in [1.82, 2.24) is 4.72 Å². The van der Waals surface area contributed by atoms with E-state index in [1.807, 2.05) is 0 Å². The highest BCUT2D eigenvalue weighted by atomic mass is 35.5. The van der Waals surface area contributed by atoms with Gasteiger partial charge in [-0.15, -0.1) is 11.6 Å². The van der Waals surface area contributed by atoms with Crippen LogP contribution >= 0.6 is 23.2 Å². The molecule has 1 aromatic carbocycles. The summed E-state index contributed by atoms with van der Waals surface area (Å²) in [6, 6.07) is 3.19. The van der Waals surface area contributed by atoms with Gasteiger partial charge < -0.3 is 0 Å². The first-order valence-corrected chi connectivity index (χ1v) is 7.21. The van der Waals surface area contributed by atoms with E-state index in [2.05, 4.69) is 4.72 Å². The van der Waals surface area contributed by atoms with Crippen LogP contribution in [0.25, 0.3) is 0 Å². The first kappa shape index (κ1) is 14.7. The van der Waals surface area contributed by atoms with E-state index in [1.54, 1.807) is 6.92 Å². The maximum absolute atomic E-state index is 13.0. The molecule has 0 saturated carbocycles. The van der Waals surface area contributed by atoms with E-state index in [1.165, 1.54) is 6.07 Å². The van der Waals surface area contributed by atoms with E-state index in [-0.39, 0.29) is 21.8 Å². The largest absolute Gasteiger partial charge is 0.242 e. The summed E-state index contributed by atoms with van der Waals surface area (Å²) < 4.78 is 38.8. The van der Waals surface area contributed by atoms with Crippen LogP contribution in [0.2, 0.25) is 5.02 Å². The summed E-state index contributed by atoms with van der Waals surface area (Å²) >= 11 is 11.4. The van der Waals surface area contributed by atoms with Gasteiger partial charge in [-0.1, -0.05) is 11.6 Å². The van der Waals surface area contributed by atoms with Gasteiger partial charge in [0.25, 0.3) is 0 Å². The minimum atomic E-state index is -3.79. The summed E-state index contributed by atoms with van der Waals surface area (Å²) in [6.45, 7) is 1.94. The highest BCUT2D eigenvalue weighted by Gasteiger charge is 2.18. The fourth-order valence-electron chi connectivity index (χ4n) is 1.15. The van der Waals surface area contributed by atoms with Crippen LogP contribution in [0.4, 0.5) is 4.39 Å². The Bertz CT molecular complexity index is 491. The van der Waals surface area contributed by atoms with Gasteiger partial charge in [0.1, 0.15) is 10.7 Å². The summed E-state index contributed by atoms with van der Waals surface area (Å²) in [6.07, 6.45) is 0.480. The molecule has 0 amide bonds. The van der Waals surface area contributed by atoms with E-state index >= 15 is 0 Å². The molecule has 1 atom stereocenters. The second-order valence-corrected chi connectivity index (χ2v) is 6.43. The van der Waals surface area contributed by atoms with Crippen LogP contribution in [0.1, 0.15) is 13.3 Å². The Morgan fingerprint density at radius 1 is 1.47 bits per heavy atom. The van der Waals surface area contributed by atoms with Gasteiger partial charge in [-0.25, -0.2) is 17.5 Å². The van der Waals surface area contributed by atoms with E-state index < -0.39 is 15.8 Å². The molecule has 0 heterocycles. The third-order valence-electron chi connectivity index (χ3n) is 2.02. The molecular formula is C10H12Cl2FNO2S. The number of halogens is 3. The Labute approximate surface area is 110 Å². The highest BCUT2D eigenvalue weighted by molar-refractivity contribution is 7.89. The van der Waals surface area contributed by atoms with Gasteiger partial charge >= 0.3 is 0 Å². The molecule has 0 radical (unpaired) electrons. The molecule has 17 heavy (non-hydrogen) atoms. The van der Waals surface area contributed by atoms with Gasteiger partial charge in [-0.05, 0) is 31.5 Å². The number of alkyl halides is 1. The van der Waals surface area contributed by atoms with Crippen LogP contribution in [-0.2, 0) is 10.0 Å². The van der Waals surface area contributed by atoms with Gasteiger partial charge in [0.15, 0.2) is 0 Å². The standard InChI is InChI=1S/C10H12Cl2FNO2S/c1-7(11)4-5-14-17(15,16)10-6-8(13)2-3-9(10)12/h2-3,6-7,14H,4-5H2,1H3. The zero-order valence-electron chi connectivity index (χ0n) is 9.08. The molecule has 0 saturated heterocycles. The van der Waals surface area contributed by atoms with Gasteiger partial charge in [0, 0.05) is 11.9 Å². The molecule has 3 nitrogen and oxygen atoms in total. The lowest BCUT2D eigenvalue weighted by molar-refractivity contribution is 0.575. The molecular weight excluding hydrogens is 288 g/mol. The van der Waals surface area contributed by atoms with Gasteiger partial charge in [-0.2, -0.15) is 0 Å². The van der Waals surface area contributed by atoms with Crippen molar-refractivity contribution in [3.63, 3.8) is 0 Å². The zero-order valence-corrected chi connectivity index (χ0v) is 11.4. The number of rotatable bonds is 5. The minimum absolute atomic E-state index is 0.0159. The average molecular weight is 300 g/mol. The van der Waals surface area contributed by atoms with Crippen molar-refractivity contribution in [3.05, 3.63) is 29.0 Å². The number of sulfonamides is 1. The van der Waals surface area contributed by atoms with Crippen molar-refractivity contribution in [1.29, 1.82) is 0 Å². The van der Waals surface area contributed by atoms with Crippen molar-refractivity contribution in [2.75, 3.05) is 6.54 Å². The molecule has 0 aliphatic rings. The predicted octanol–water partition coefficient (Wildman–Crippen LogP) is 2.77. The maximum Gasteiger partial charge on any atom is 0.242 e. The molecule has 1 N–H and O–H groups in total. The second-order valence-electron chi connectivity index (χ2n) is 3.54. The topological polar surface area (TPSA) is 46.2 Å². The quantitative estimate of drug-likeness (QED) is 0.850. The molecule has 0 bridgehead atoms. The zero-order chi connectivity index (χ0) is 13.1. The van der Waals surface area contributed by atoms with Gasteiger partial charge in [0.2, 0.25) is 10.0 Å². The molecule has 1 unspecified atom stereocenters. The minimum Gasteiger partial charge on any atom is -0.211 e. The fourth-order valence-corrected chi connectivity index (χ4v) is 2.82. The number of nitrogens with one attached hydrogen (secondary N) is 1. The van der Waals surface area contributed by atoms with Crippen LogP contribution in [0.3, 0.4) is 0 Å². The summed E-state index contributed by atoms with van der Waals surface area (Å²) in [7, 11) is -3.79. The number of benzene rings is 1. The maximum atomic E-state index is 13.0. The Morgan fingerprint density at radius 2 is 2.12 bits per heavy atom. The SMILES string of the molecule is CC(Cl)CCNS(=O)(=O)c1cc(F)ccc1Cl. The molecule has 0 aliphatic heterocycles. The lowest BCUT2D eigenvalue weighted by Gasteiger charge is -2.09. The molecule has 0 aromatic heterocycles. The normalized spacial score (nSPS) is 13.6. The van der Waals surface area contributed by atoms with Crippen LogP contribution < -0.4 is 4.72 Å². The van der Waals surface area contributed by atoms with Crippen molar-refractivity contribution in [2.24, 2.45) is 0 Å². The second kappa shape index (κ2) is 6.00. The highest BCUT2D eigenvalue weighted by Crippen LogP contribution is 2.21. The monoisotopic (exact) mass is 299 g/mol. The molecule has 1 aromatic rings. The molecule has 0 fully saturated rings. The van der Waals surface area contributed by atoms with Gasteiger partial charge in [0.05, 0.1) is 5.02 Å². The Hall–Kier alpha value is -0.360. The predicted molar refractivity (Wildman–Crippen MR) is 66.5 cm³/mol. The molecule has 0 spiro atoms. The van der Waals surface area contributed by atoms with Crippen molar-refractivity contribution in [2.45, 2.75) is 23.6 Å². The third-order valence-corrected chi connectivity index (χ3v) is 4.18. The van der Waals surface area contributed by atoms with Crippen LogP contribution in [0.5, 0.6) is 0 Å². The van der Waals surface area contributed by atoms with E-state index in [4.69, 9.17) is 23.2 Å². The summed E-state index contributed by atoms with van der Waals surface area (Å²) in [5.74, 6) is -0.652. The van der Waals surface area contributed by atoms with Crippen LogP contribution in [0.15, 0.2) is 23.1 Å². The third kappa shape index (κ3) is 4.43. The van der Waals surface area contributed by atoms with E-state index in [0.717, 1.165) is 12.1 Å². The van der Waals surface area contributed by atoms with Gasteiger partial charge in [-0.3, -0.25) is 0 Å². The lowest BCUT2D eigenvalue weighted by Crippen LogP contribution is -2.26. The Morgan fingerprint density at radius 3 is 2.71 bits per heavy atom. The molecule has 7 heteroatoms. The molecule has 96 valence electrons. The van der Waals surface area contributed by atoms with Crippen molar-refractivity contribution >= 4 is 33.2 Å². The van der Waals surface area contributed by atoms with Crippen molar-refractivity contribution < 1.29 is 12.8 Å². The first-order chi connectivity index (χ1) is 7.83. The number of hydrogen-bond acceptors (Lipinski definition) is 2. The van der Waals surface area contributed by atoms with Crippen LogP contribution in [-0.4, -0.2) is 20.3 Å². The van der Waals surface area contributed by atoms with Crippen LogP contribution in [0, 0.1) is 5.82 Å². The van der Waals surface area contributed by atoms with Crippen molar-refractivity contribution in [3.8, 4) is 0 Å².